The monoisotopic (exact) mass is 461 g/mol. The van der Waals surface area contributed by atoms with Crippen LogP contribution in [0.3, 0.4) is 0 Å². The molecule has 0 radical (unpaired) electrons. The molecule has 0 unspecified atom stereocenters. The van der Waals surface area contributed by atoms with Crippen LogP contribution in [0.1, 0.15) is 15.2 Å². The zero-order valence-corrected chi connectivity index (χ0v) is 19.5. The Labute approximate surface area is 198 Å². The molecular weight excluding hydrogens is 434 g/mol. The van der Waals surface area contributed by atoms with E-state index in [-0.39, 0.29) is 18.4 Å². The first-order valence-corrected chi connectivity index (χ1v) is 11.8. The molecule has 1 aliphatic rings. The number of piperazine rings is 1. The van der Waals surface area contributed by atoms with E-state index in [2.05, 4.69) is 40.7 Å². The quantitative estimate of drug-likeness (QED) is 0.504. The number of anilines is 1. The molecule has 1 fully saturated rings. The summed E-state index contributed by atoms with van der Waals surface area (Å²) < 4.78 is 0. The van der Waals surface area contributed by atoms with Gasteiger partial charge in [-0.3, -0.25) is 9.59 Å². The molecule has 170 valence electrons. The zero-order chi connectivity index (χ0) is 23.2. The molecule has 33 heavy (non-hydrogen) atoms. The number of hydrogen-bond acceptors (Lipinski definition) is 6. The Kier molecular flexibility index (Phi) is 7.14. The van der Waals surface area contributed by atoms with Gasteiger partial charge in [-0.25, -0.2) is 0 Å². The van der Waals surface area contributed by atoms with E-state index >= 15 is 0 Å². The summed E-state index contributed by atoms with van der Waals surface area (Å²) in [5.41, 5.74) is 3.08. The Morgan fingerprint density at radius 1 is 1.06 bits per heavy atom. The van der Waals surface area contributed by atoms with Gasteiger partial charge < -0.3 is 14.7 Å². The highest BCUT2D eigenvalue weighted by Gasteiger charge is 2.25. The number of carbonyl (C=O) groups is 2. The summed E-state index contributed by atoms with van der Waals surface area (Å²) in [7, 11) is 0. The molecule has 8 heteroatoms. The van der Waals surface area contributed by atoms with Crippen molar-refractivity contribution in [3.05, 3.63) is 77.0 Å². The Balaban J connectivity index is 1.33. The normalized spacial score (nSPS) is 13.6. The molecule has 0 atom stereocenters. The largest absolute Gasteiger partial charge is 0.352 e. The number of nitrogens with zero attached hydrogens (tertiary/aromatic N) is 5. The minimum absolute atomic E-state index is 0.0494. The standard InChI is InChI=1S/C25H27N5O2S/c1-3-12-30(25(32)22-5-4-17-33-22)18-24(31)29-15-13-28(14-16-29)23-11-10-21(26-27-23)20-8-6-19(2)7-9-20/h3-11,17H,1,12-16,18H2,2H3. The third kappa shape index (κ3) is 5.46. The Morgan fingerprint density at radius 3 is 2.42 bits per heavy atom. The van der Waals surface area contributed by atoms with Crippen LogP contribution in [-0.2, 0) is 4.79 Å². The molecule has 1 aliphatic heterocycles. The molecule has 3 aromatic rings. The number of hydrogen-bond donors (Lipinski definition) is 0. The van der Waals surface area contributed by atoms with Gasteiger partial charge in [0.1, 0.15) is 6.54 Å². The van der Waals surface area contributed by atoms with Gasteiger partial charge in [0.2, 0.25) is 5.91 Å². The fourth-order valence-electron chi connectivity index (χ4n) is 3.75. The first kappa shape index (κ1) is 22.7. The summed E-state index contributed by atoms with van der Waals surface area (Å²) in [6.07, 6.45) is 1.65. The van der Waals surface area contributed by atoms with Crippen molar-refractivity contribution in [1.29, 1.82) is 0 Å². The van der Waals surface area contributed by atoms with Crippen molar-refractivity contribution in [2.45, 2.75) is 6.92 Å². The highest BCUT2D eigenvalue weighted by atomic mass is 32.1. The summed E-state index contributed by atoms with van der Waals surface area (Å²) in [5, 5.41) is 10.6. The predicted octanol–water partition coefficient (Wildman–Crippen LogP) is 3.49. The number of aromatic nitrogens is 2. The van der Waals surface area contributed by atoms with Gasteiger partial charge in [-0.15, -0.1) is 28.1 Å². The number of rotatable bonds is 7. The van der Waals surface area contributed by atoms with E-state index in [9.17, 15) is 9.59 Å². The highest BCUT2D eigenvalue weighted by molar-refractivity contribution is 7.12. The molecule has 2 amide bonds. The van der Waals surface area contributed by atoms with E-state index in [1.165, 1.54) is 16.9 Å². The molecule has 0 bridgehead atoms. The SMILES string of the molecule is C=CCN(CC(=O)N1CCN(c2ccc(-c3ccc(C)cc3)nn2)CC1)C(=O)c1cccs1. The van der Waals surface area contributed by atoms with Crippen molar-refractivity contribution in [3.8, 4) is 11.3 Å². The summed E-state index contributed by atoms with van der Waals surface area (Å²) in [6.45, 7) is 8.67. The second-order valence-corrected chi connectivity index (χ2v) is 8.91. The van der Waals surface area contributed by atoms with Gasteiger partial charge in [0.25, 0.3) is 5.91 Å². The summed E-state index contributed by atoms with van der Waals surface area (Å²) in [5.74, 6) is 0.613. The molecule has 1 aromatic carbocycles. The van der Waals surface area contributed by atoms with Crippen LogP contribution in [0.4, 0.5) is 5.82 Å². The van der Waals surface area contributed by atoms with Crippen LogP contribution in [0, 0.1) is 6.92 Å². The van der Waals surface area contributed by atoms with Gasteiger partial charge in [-0.1, -0.05) is 42.0 Å². The summed E-state index contributed by atoms with van der Waals surface area (Å²) >= 11 is 1.38. The molecule has 7 nitrogen and oxygen atoms in total. The van der Waals surface area contributed by atoms with Crippen LogP contribution >= 0.6 is 11.3 Å². The fraction of sp³-hybridized carbons (Fsp3) is 0.280. The highest BCUT2D eigenvalue weighted by Crippen LogP contribution is 2.20. The number of amides is 2. The summed E-state index contributed by atoms with van der Waals surface area (Å²) in [4.78, 5) is 31.7. The maximum atomic E-state index is 12.9. The van der Waals surface area contributed by atoms with Crippen LogP contribution < -0.4 is 4.90 Å². The first-order valence-electron chi connectivity index (χ1n) is 10.9. The average Bonchev–Trinajstić information content (AvgIpc) is 3.39. The van der Waals surface area contributed by atoms with Crippen LogP contribution in [-0.4, -0.2) is 71.1 Å². The molecule has 4 rings (SSSR count). The second kappa shape index (κ2) is 10.4. The third-order valence-corrected chi connectivity index (χ3v) is 6.51. The number of aryl methyl sites for hydroxylation is 1. The number of carbonyl (C=O) groups excluding carboxylic acids is 2. The Hall–Kier alpha value is -3.52. The molecular formula is C25H27N5O2S. The van der Waals surface area contributed by atoms with Crippen LogP contribution in [0.25, 0.3) is 11.3 Å². The second-order valence-electron chi connectivity index (χ2n) is 7.96. The van der Waals surface area contributed by atoms with Gasteiger partial charge in [-0.05, 0) is 30.5 Å². The van der Waals surface area contributed by atoms with Crippen molar-refractivity contribution in [2.24, 2.45) is 0 Å². The van der Waals surface area contributed by atoms with Gasteiger partial charge in [0, 0.05) is 38.3 Å². The lowest BCUT2D eigenvalue weighted by molar-refractivity contribution is -0.132. The van der Waals surface area contributed by atoms with E-state index < -0.39 is 0 Å². The van der Waals surface area contributed by atoms with Crippen molar-refractivity contribution < 1.29 is 9.59 Å². The maximum Gasteiger partial charge on any atom is 0.264 e. The zero-order valence-electron chi connectivity index (χ0n) is 18.7. The van der Waals surface area contributed by atoms with E-state index in [0.29, 0.717) is 37.6 Å². The third-order valence-electron chi connectivity index (χ3n) is 5.65. The number of thiophene rings is 1. The lowest BCUT2D eigenvalue weighted by atomic mass is 10.1. The van der Waals surface area contributed by atoms with E-state index in [4.69, 9.17) is 0 Å². The van der Waals surface area contributed by atoms with Crippen molar-refractivity contribution in [1.82, 2.24) is 20.0 Å². The van der Waals surface area contributed by atoms with Gasteiger partial charge in [0.15, 0.2) is 5.82 Å². The lowest BCUT2D eigenvalue weighted by Gasteiger charge is -2.36. The molecule has 3 heterocycles. The van der Waals surface area contributed by atoms with E-state index in [1.54, 1.807) is 17.0 Å². The molecule has 0 saturated carbocycles. The Bertz CT molecular complexity index is 1090. The number of benzene rings is 1. The molecule has 2 aromatic heterocycles. The first-order chi connectivity index (χ1) is 16.0. The lowest BCUT2D eigenvalue weighted by Crippen LogP contribution is -2.52. The summed E-state index contributed by atoms with van der Waals surface area (Å²) in [6, 6.07) is 15.8. The minimum Gasteiger partial charge on any atom is -0.352 e. The van der Waals surface area contributed by atoms with Gasteiger partial charge >= 0.3 is 0 Å². The van der Waals surface area contributed by atoms with E-state index in [1.807, 2.05) is 40.6 Å². The molecule has 0 N–H and O–H groups in total. The van der Waals surface area contributed by atoms with Crippen molar-refractivity contribution >= 4 is 29.0 Å². The molecule has 0 spiro atoms. The predicted molar refractivity (Wildman–Crippen MR) is 131 cm³/mol. The van der Waals surface area contributed by atoms with Crippen LogP contribution in [0.5, 0.6) is 0 Å². The molecule has 0 aliphatic carbocycles. The maximum absolute atomic E-state index is 12.9. The average molecular weight is 462 g/mol. The topological polar surface area (TPSA) is 69.6 Å². The van der Waals surface area contributed by atoms with Gasteiger partial charge in [0.05, 0.1) is 10.6 Å². The Morgan fingerprint density at radius 2 is 1.82 bits per heavy atom. The van der Waals surface area contributed by atoms with Crippen molar-refractivity contribution in [2.75, 3.05) is 44.2 Å². The van der Waals surface area contributed by atoms with Crippen LogP contribution in [0.15, 0.2) is 66.6 Å². The van der Waals surface area contributed by atoms with Crippen LogP contribution in [0.2, 0.25) is 0 Å². The van der Waals surface area contributed by atoms with E-state index in [0.717, 1.165) is 17.1 Å². The smallest absolute Gasteiger partial charge is 0.264 e. The molecule has 1 saturated heterocycles. The fourth-order valence-corrected chi connectivity index (χ4v) is 4.44. The van der Waals surface area contributed by atoms with Crippen molar-refractivity contribution in [3.63, 3.8) is 0 Å². The van der Waals surface area contributed by atoms with Gasteiger partial charge in [-0.2, -0.15) is 0 Å². The minimum atomic E-state index is -0.138.